The molecule has 0 aromatic carbocycles. The first-order chi connectivity index (χ1) is 5.66. The van der Waals surface area contributed by atoms with Crippen LogP contribution in [0.1, 0.15) is 33.6 Å². The summed E-state index contributed by atoms with van der Waals surface area (Å²) in [6, 6.07) is 0.595. The maximum absolute atomic E-state index is 3.70. The van der Waals surface area contributed by atoms with Gasteiger partial charge in [-0.2, -0.15) is 0 Å². The number of hydrogen-bond acceptors (Lipinski definition) is 1. The SMILES string of the molecule is C=CCC(C)=CCCNC(C)C. The Labute approximate surface area is 76.6 Å². The van der Waals surface area contributed by atoms with Crippen molar-refractivity contribution in [3.63, 3.8) is 0 Å². The molecule has 0 spiro atoms. The van der Waals surface area contributed by atoms with Crippen molar-refractivity contribution in [2.45, 2.75) is 39.7 Å². The monoisotopic (exact) mass is 167 g/mol. The molecule has 0 aliphatic rings. The summed E-state index contributed by atoms with van der Waals surface area (Å²) in [5.74, 6) is 0. The Morgan fingerprint density at radius 1 is 1.50 bits per heavy atom. The van der Waals surface area contributed by atoms with Gasteiger partial charge in [0.2, 0.25) is 0 Å². The highest BCUT2D eigenvalue weighted by Gasteiger charge is 1.89. The molecule has 0 heterocycles. The average Bonchev–Trinajstić information content (AvgIpc) is 1.98. The molecule has 0 radical (unpaired) electrons. The zero-order chi connectivity index (χ0) is 9.40. The lowest BCUT2D eigenvalue weighted by Crippen LogP contribution is -2.23. The first-order valence-electron chi connectivity index (χ1n) is 4.66. The van der Waals surface area contributed by atoms with Crippen LogP contribution in [0.25, 0.3) is 0 Å². The van der Waals surface area contributed by atoms with Gasteiger partial charge < -0.3 is 5.32 Å². The van der Waals surface area contributed by atoms with E-state index in [1.807, 2.05) is 6.08 Å². The van der Waals surface area contributed by atoms with Gasteiger partial charge in [0.15, 0.2) is 0 Å². The van der Waals surface area contributed by atoms with E-state index in [9.17, 15) is 0 Å². The van der Waals surface area contributed by atoms with Crippen molar-refractivity contribution < 1.29 is 0 Å². The second-order valence-corrected chi connectivity index (χ2v) is 3.44. The van der Waals surface area contributed by atoms with E-state index in [-0.39, 0.29) is 0 Å². The highest BCUT2D eigenvalue weighted by Crippen LogP contribution is 2.00. The predicted octanol–water partition coefficient (Wildman–Crippen LogP) is 2.90. The van der Waals surface area contributed by atoms with E-state index in [1.54, 1.807) is 0 Å². The molecule has 0 amide bonds. The van der Waals surface area contributed by atoms with Crippen LogP contribution in [-0.2, 0) is 0 Å². The molecule has 0 saturated heterocycles. The van der Waals surface area contributed by atoms with E-state index in [4.69, 9.17) is 0 Å². The summed E-state index contributed by atoms with van der Waals surface area (Å²) in [4.78, 5) is 0. The van der Waals surface area contributed by atoms with Gasteiger partial charge in [-0.05, 0) is 26.3 Å². The van der Waals surface area contributed by atoms with Gasteiger partial charge in [-0.15, -0.1) is 6.58 Å². The van der Waals surface area contributed by atoms with Crippen molar-refractivity contribution in [3.8, 4) is 0 Å². The van der Waals surface area contributed by atoms with E-state index in [0.717, 1.165) is 19.4 Å². The summed E-state index contributed by atoms with van der Waals surface area (Å²) in [6.07, 6.45) is 6.36. The van der Waals surface area contributed by atoms with Gasteiger partial charge >= 0.3 is 0 Å². The van der Waals surface area contributed by atoms with Gasteiger partial charge in [-0.1, -0.05) is 31.6 Å². The fourth-order valence-electron chi connectivity index (χ4n) is 1.00. The van der Waals surface area contributed by atoms with Crippen molar-refractivity contribution in [3.05, 3.63) is 24.3 Å². The Morgan fingerprint density at radius 3 is 2.67 bits per heavy atom. The molecule has 0 rings (SSSR count). The van der Waals surface area contributed by atoms with Gasteiger partial charge in [0, 0.05) is 6.04 Å². The molecule has 0 atom stereocenters. The number of allylic oxidation sites excluding steroid dienone is 2. The minimum atomic E-state index is 0.595. The molecule has 1 nitrogen and oxygen atoms in total. The smallest absolute Gasteiger partial charge is 0.00105 e. The first kappa shape index (κ1) is 11.4. The van der Waals surface area contributed by atoms with Gasteiger partial charge in [0.1, 0.15) is 0 Å². The summed E-state index contributed by atoms with van der Waals surface area (Å²) in [5, 5.41) is 3.37. The van der Waals surface area contributed by atoms with Crippen LogP contribution < -0.4 is 5.32 Å². The Morgan fingerprint density at radius 2 is 2.17 bits per heavy atom. The molecule has 12 heavy (non-hydrogen) atoms. The van der Waals surface area contributed by atoms with E-state index in [2.05, 4.69) is 38.7 Å². The van der Waals surface area contributed by atoms with Crippen LogP contribution in [0.2, 0.25) is 0 Å². The number of hydrogen-bond donors (Lipinski definition) is 1. The fourth-order valence-corrected chi connectivity index (χ4v) is 1.00. The number of nitrogens with one attached hydrogen (secondary N) is 1. The van der Waals surface area contributed by atoms with E-state index < -0.39 is 0 Å². The zero-order valence-corrected chi connectivity index (χ0v) is 8.56. The fraction of sp³-hybridized carbons (Fsp3) is 0.636. The second kappa shape index (κ2) is 7.11. The van der Waals surface area contributed by atoms with Crippen LogP contribution in [0.4, 0.5) is 0 Å². The molecule has 0 bridgehead atoms. The van der Waals surface area contributed by atoms with Crippen LogP contribution in [0.5, 0.6) is 0 Å². The predicted molar refractivity (Wildman–Crippen MR) is 56.3 cm³/mol. The Kier molecular flexibility index (Phi) is 6.78. The normalized spacial score (nSPS) is 12.2. The molecule has 0 unspecified atom stereocenters. The molecule has 0 aliphatic heterocycles. The van der Waals surface area contributed by atoms with Crippen molar-refractivity contribution in [2.75, 3.05) is 6.54 Å². The molecule has 70 valence electrons. The summed E-state index contributed by atoms with van der Waals surface area (Å²) >= 11 is 0. The largest absolute Gasteiger partial charge is 0.314 e. The van der Waals surface area contributed by atoms with Gasteiger partial charge in [-0.25, -0.2) is 0 Å². The second-order valence-electron chi connectivity index (χ2n) is 3.44. The lowest BCUT2D eigenvalue weighted by atomic mass is 10.2. The molecule has 0 saturated carbocycles. The summed E-state index contributed by atoms with van der Waals surface area (Å²) in [5.41, 5.74) is 1.41. The summed E-state index contributed by atoms with van der Waals surface area (Å²) < 4.78 is 0. The topological polar surface area (TPSA) is 12.0 Å². The quantitative estimate of drug-likeness (QED) is 0.474. The van der Waals surface area contributed by atoms with Crippen molar-refractivity contribution in [1.82, 2.24) is 5.32 Å². The first-order valence-corrected chi connectivity index (χ1v) is 4.66. The molecule has 0 fully saturated rings. The average molecular weight is 167 g/mol. The Balaban J connectivity index is 3.39. The van der Waals surface area contributed by atoms with Crippen molar-refractivity contribution in [1.29, 1.82) is 0 Å². The van der Waals surface area contributed by atoms with Crippen LogP contribution in [0, 0.1) is 0 Å². The van der Waals surface area contributed by atoms with Crippen molar-refractivity contribution >= 4 is 0 Å². The van der Waals surface area contributed by atoms with Crippen LogP contribution in [0.3, 0.4) is 0 Å². The Hall–Kier alpha value is -0.560. The highest BCUT2D eigenvalue weighted by molar-refractivity contribution is 5.02. The molecule has 1 N–H and O–H groups in total. The maximum atomic E-state index is 3.70. The highest BCUT2D eigenvalue weighted by atomic mass is 14.9. The molecular formula is C11H21N. The van der Waals surface area contributed by atoms with Gasteiger partial charge in [0.05, 0.1) is 0 Å². The lowest BCUT2D eigenvalue weighted by Gasteiger charge is -2.05. The standard InChI is InChI=1S/C11H21N/c1-5-7-11(4)8-6-9-12-10(2)3/h5,8,10,12H,1,6-7,9H2,2-4H3. The molecule has 0 aliphatic carbocycles. The summed E-state index contributed by atoms with van der Waals surface area (Å²) in [7, 11) is 0. The van der Waals surface area contributed by atoms with Crippen LogP contribution >= 0.6 is 0 Å². The third kappa shape index (κ3) is 7.55. The van der Waals surface area contributed by atoms with Crippen molar-refractivity contribution in [2.24, 2.45) is 0 Å². The molecular weight excluding hydrogens is 146 g/mol. The zero-order valence-electron chi connectivity index (χ0n) is 8.56. The minimum Gasteiger partial charge on any atom is -0.314 e. The van der Waals surface area contributed by atoms with Gasteiger partial charge in [-0.3, -0.25) is 0 Å². The molecule has 0 aromatic heterocycles. The van der Waals surface area contributed by atoms with E-state index in [1.165, 1.54) is 5.57 Å². The third-order valence-corrected chi connectivity index (χ3v) is 1.66. The number of rotatable bonds is 6. The van der Waals surface area contributed by atoms with Gasteiger partial charge in [0.25, 0.3) is 0 Å². The molecule has 0 aromatic rings. The Bertz CT molecular complexity index is 145. The summed E-state index contributed by atoms with van der Waals surface area (Å²) in [6.45, 7) is 11.3. The van der Waals surface area contributed by atoms with E-state index in [0.29, 0.717) is 6.04 Å². The van der Waals surface area contributed by atoms with Crippen LogP contribution in [0.15, 0.2) is 24.3 Å². The third-order valence-electron chi connectivity index (χ3n) is 1.66. The lowest BCUT2D eigenvalue weighted by molar-refractivity contribution is 0.594. The van der Waals surface area contributed by atoms with E-state index >= 15 is 0 Å². The maximum Gasteiger partial charge on any atom is 0.00105 e. The molecule has 1 heteroatoms. The van der Waals surface area contributed by atoms with Crippen LogP contribution in [-0.4, -0.2) is 12.6 Å². The minimum absolute atomic E-state index is 0.595.